The number of esters is 1. The number of carbonyl (C=O) groups excluding carboxylic acids is 3. The van der Waals surface area contributed by atoms with Crippen molar-refractivity contribution in [3.63, 3.8) is 0 Å². The molecule has 0 spiro atoms. The molecule has 2 aliphatic rings. The van der Waals surface area contributed by atoms with Crippen molar-refractivity contribution in [2.75, 3.05) is 6.61 Å². The monoisotopic (exact) mass is 619 g/mol. The molecule has 14 nitrogen and oxygen atoms in total. The van der Waals surface area contributed by atoms with Gasteiger partial charge in [0, 0.05) is 17.9 Å². The maximum atomic E-state index is 14.0. The first-order chi connectivity index (χ1) is 20.2. The third-order valence-corrected chi connectivity index (χ3v) is 7.90. The Morgan fingerprint density at radius 2 is 1.91 bits per heavy atom. The van der Waals surface area contributed by atoms with Gasteiger partial charge in [0.2, 0.25) is 0 Å². The maximum Gasteiger partial charge on any atom is 0.459 e. The van der Waals surface area contributed by atoms with Gasteiger partial charge in [-0.05, 0) is 59.8 Å². The number of carbonyl (C=O) groups is 3. The van der Waals surface area contributed by atoms with Gasteiger partial charge in [0.05, 0.1) is 18.8 Å². The molecular weight excluding hydrogens is 581 g/mol. The Morgan fingerprint density at radius 1 is 1.23 bits per heavy atom. The number of rotatable bonds is 12. The van der Waals surface area contributed by atoms with Gasteiger partial charge in [-0.3, -0.25) is 14.2 Å². The lowest BCUT2D eigenvalue weighted by Gasteiger charge is -2.35. The molecule has 3 amide bonds. The van der Waals surface area contributed by atoms with E-state index >= 15 is 0 Å². The fourth-order valence-corrected chi connectivity index (χ4v) is 5.76. The summed E-state index contributed by atoms with van der Waals surface area (Å²) in [5.41, 5.74) is -1.29. The maximum absolute atomic E-state index is 14.0. The lowest BCUT2D eigenvalue weighted by molar-refractivity contribution is -0.149. The minimum atomic E-state index is -4.34. The van der Waals surface area contributed by atoms with Crippen LogP contribution in [0, 0.1) is 16.7 Å². The zero-order valence-electron chi connectivity index (χ0n) is 24.9. The van der Waals surface area contributed by atoms with Crippen molar-refractivity contribution in [3.8, 4) is 11.8 Å². The Morgan fingerprint density at radius 3 is 2.49 bits per heavy atom. The van der Waals surface area contributed by atoms with Crippen LogP contribution in [-0.2, 0) is 28.1 Å². The highest BCUT2D eigenvalue weighted by atomic mass is 31.2. The van der Waals surface area contributed by atoms with Crippen LogP contribution in [0.25, 0.3) is 0 Å². The first kappa shape index (κ1) is 33.6. The predicted octanol–water partition coefficient (Wildman–Crippen LogP) is 3.93. The smallest absolute Gasteiger partial charge is 0.459 e. The van der Waals surface area contributed by atoms with Gasteiger partial charge in [0.15, 0.2) is 12.3 Å². The molecule has 234 valence electrons. The lowest BCUT2D eigenvalue weighted by atomic mass is 9.83. The van der Waals surface area contributed by atoms with E-state index in [9.17, 15) is 24.2 Å². The molecule has 1 saturated heterocycles. The zero-order chi connectivity index (χ0) is 31.9. The van der Waals surface area contributed by atoms with Crippen LogP contribution < -0.4 is 20.2 Å². The molecule has 0 aliphatic carbocycles. The second-order valence-corrected chi connectivity index (χ2v) is 12.5. The van der Waals surface area contributed by atoms with E-state index in [1.165, 1.54) is 26.1 Å². The standard InChI is InChI=1S/C28H38N5O9P/c1-17(2)30-27(36)41-23-22(40-25(28(23,7)16-29)33-14-13-19(5)31-26(33)35)15-38-43(37,42-21-11-9-8-10-12-21)32-20(6)24(34)39-18(3)4/h8-14,17-18,20,22-23,25H,5,15H2,1-4,6-7H3,(H,30,36)(H,31,35)(H,32,37)/t20-,22+,23+,25+,28+,43?/m0/s1. The van der Waals surface area contributed by atoms with Gasteiger partial charge in [-0.15, -0.1) is 0 Å². The van der Waals surface area contributed by atoms with Crippen LogP contribution in [-0.4, -0.2) is 66.2 Å². The Hall–Kier alpha value is -3.89. The number of benzene rings is 1. The first-order valence-corrected chi connectivity index (χ1v) is 15.2. The van der Waals surface area contributed by atoms with Crippen molar-refractivity contribution < 1.29 is 42.2 Å². The summed E-state index contributed by atoms with van der Waals surface area (Å²) >= 11 is 0. The average molecular weight is 620 g/mol. The Kier molecular flexibility index (Phi) is 11.0. The van der Waals surface area contributed by atoms with E-state index in [-0.39, 0.29) is 11.8 Å². The molecular formula is C28H38N5O9P. The third kappa shape index (κ3) is 8.58. The van der Waals surface area contributed by atoms with Gasteiger partial charge in [0.25, 0.3) is 0 Å². The van der Waals surface area contributed by atoms with Crippen molar-refractivity contribution >= 4 is 25.8 Å². The Labute approximate surface area is 250 Å². The van der Waals surface area contributed by atoms with Gasteiger partial charge >= 0.3 is 25.8 Å². The molecule has 3 rings (SSSR count). The normalized spacial score (nSPS) is 25.5. The molecule has 0 bridgehead atoms. The largest absolute Gasteiger partial charge is 0.462 e. The number of alkyl carbamates (subject to hydrolysis) is 1. The number of urea groups is 1. The van der Waals surface area contributed by atoms with E-state index in [2.05, 4.69) is 28.4 Å². The topological polar surface area (TPSA) is 178 Å². The predicted molar refractivity (Wildman–Crippen MR) is 154 cm³/mol. The third-order valence-electron chi connectivity index (χ3n) is 6.25. The Balaban J connectivity index is 1.93. The molecule has 0 aromatic heterocycles. The summed E-state index contributed by atoms with van der Waals surface area (Å²) in [5.74, 6) is -0.518. The molecule has 0 radical (unpaired) electrons. The summed E-state index contributed by atoms with van der Waals surface area (Å²) in [5, 5.41) is 18.0. The Bertz CT molecular complexity index is 1320. The minimum absolute atomic E-state index is 0.175. The number of allylic oxidation sites excluding steroid dienone is 1. The number of amides is 3. The van der Waals surface area contributed by atoms with E-state index in [0.29, 0.717) is 5.70 Å². The fourth-order valence-electron chi connectivity index (χ4n) is 4.26. The molecule has 3 N–H and O–H groups in total. The molecule has 2 aliphatic heterocycles. The van der Waals surface area contributed by atoms with Crippen LogP contribution >= 0.6 is 7.75 Å². The summed E-state index contributed by atoms with van der Waals surface area (Å²) in [6, 6.07) is 8.22. The van der Waals surface area contributed by atoms with Crippen molar-refractivity contribution in [1.82, 2.24) is 20.6 Å². The van der Waals surface area contributed by atoms with Gasteiger partial charge in [-0.1, -0.05) is 24.8 Å². The molecule has 1 fully saturated rings. The second kappa shape index (κ2) is 14.1. The molecule has 0 saturated carbocycles. The van der Waals surface area contributed by atoms with E-state index in [0.717, 1.165) is 4.90 Å². The van der Waals surface area contributed by atoms with Gasteiger partial charge in [-0.2, -0.15) is 10.3 Å². The first-order valence-electron chi connectivity index (χ1n) is 13.6. The van der Waals surface area contributed by atoms with E-state index in [1.807, 2.05) is 0 Å². The average Bonchev–Trinajstić information content (AvgIpc) is 3.18. The van der Waals surface area contributed by atoms with Gasteiger partial charge < -0.3 is 29.4 Å². The van der Waals surface area contributed by atoms with Crippen LogP contribution in [0.2, 0.25) is 0 Å². The molecule has 2 heterocycles. The number of ether oxygens (including phenoxy) is 3. The number of nitriles is 1. The number of nitrogens with one attached hydrogen (secondary N) is 3. The van der Waals surface area contributed by atoms with Crippen LogP contribution in [0.4, 0.5) is 9.59 Å². The number of hydrogen-bond donors (Lipinski definition) is 3. The number of para-hydroxylation sites is 1. The highest BCUT2D eigenvalue weighted by molar-refractivity contribution is 7.52. The fraction of sp³-hybridized carbons (Fsp3) is 0.500. The van der Waals surface area contributed by atoms with Gasteiger partial charge in [-0.25, -0.2) is 14.2 Å². The summed E-state index contributed by atoms with van der Waals surface area (Å²) in [6.45, 7) is 12.8. The highest BCUT2D eigenvalue weighted by Gasteiger charge is 2.60. The minimum Gasteiger partial charge on any atom is -0.462 e. The van der Waals surface area contributed by atoms with Gasteiger partial charge in [0.1, 0.15) is 23.3 Å². The highest BCUT2D eigenvalue weighted by Crippen LogP contribution is 2.48. The van der Waals surface area contributed by atoms with Crippen LogP contribution in [0.15, 0.2) is 54.9 Å². The summed E-state index contributed by atoms with van der Waals surface area (Å²) in [4.78, 5) is 39.1. The van der Waals surface area contributed by atoms with Crippen LogP contribution in [0.5, 0.6) is 5.75 Å². The SMILES string of the molecule is C=C1C=CN([C@@H]2O[C@H](COP(=O)(N[C@@H](C)C(=O)OC(C)C)Oc3ccccc3)[C@@H](OC(=O)NC(C)C)[C@@]2(C)C#N)C(=O)N1. The quantitative estimate of drug-likeness (QED) is 0.228. The molecule has 1 unspecified atom stereocenters. The number of nitrogens with zero attached hydrogens (tertiary/aromatic N) is 2. The molecule has 1 aromatic carbocycles. The van der Waals surface area contributed by atoms with Crippen molar-refractivity contribution in [2.45, 2.75) is 78.2 Å². The summed E-state index contributed by atoms with van der Waals surface area (Å²) in [7, 11) is -4.34. The summed E-state index contributed by atoms with van der Waals surface area (Å²) in [6.07, 6.45) is -2.13. The van der Waals surface area contributed by atoms with Crippen molar-refractivity contribution in [3.05, 3.63) is 54.9 Å². The molecule has 1 aromatic rings. The molecule has 15 heteroatoms. The van der Waals surface area contributed by atoms with E-state index < -0.39 is 68.4 Å². The van der Waals surface area contributed by atoms with Crippen molar-refractivity contribution in [2.24, 2.45) is 5.41 Å². The lowest BCUT2D eigenvalue weighted by Crippen LogP contribution is -2.52. The van der Waals surface area contributed by atoms with E-state index in [1.54, 1.807) is 58.0 Å². The second-order valence-electron chi connectivity index (χ2n) is 10.8. The molecule has 43 heavy (non-hydrogen) atoms. The van der Waals surface area contributed by atoms with Crippen LogP contribution in [0.3, 0.4) is 0 Å². The van der Waals surface area contributed by atoms with E-state index in [4.69, 9.17) is 23.3 Å². The molecule has 6 atom stereocenters. The zero-order valence-corrected chi connectivity index (χ0v) is 25.8. The number of hydrogen-bond acceptors (Lipinski definition) is 10. The van der Waals surface area contributed by atoms with Crippen LogP contribution in [0.1, 0.15) is 41.5 Å². The summed E-state index contributed by atoms with van der Waals surface area (Å²) < 4.78 is 42.5. The van der Waals surface area contributed by atoms with Crippen molar-refractivity contribution in [1.29, 1.82) is 5.26 Å².